The number of allylic oxidation sites excluding steroid dienone is 3. The second-order valence-corrected chi connectivity index (χ2v) is 9.09. The Morgan fingerprint density at radius 1 is 1.18 bits per heavy atom. The molecule has 4 heterocycles. The van der Waals surface area contributed by atoms with E-state index in [1.165, 1.54) is 28.8 Å². The fraction of sp³-hybridized carbons (Fsp3) is 0.310. The van der Waals surface area contributed by atoms with Crippen LogP contribution in [0.15, 0.2) is 71.3 Å². The lowest BCUT2D eigenvalue weighted by atomic mass is 10.0. The minimum Gasteiger partial charge on any atom is -0.478 e. The summed E-state index contributed by atoms with van der Waals surface area (Å²) in [6.07, 6.45) is 7.99. The van der Waals surface area contributed by atoms with Crippen LogP contribution in [0, 0.1) is 0 Å². The molecule has 1 saturated heterocycles. The normalized spacial score (nSPS) is 17.0. The summed E-state index contributed by atoms with van der Waals surface area (Å²) in [7, 11) is 0. The predicted molar refractivity (Wildman–Crippen MR) is 142 cm³/mol. The van der Waals surface area contributed by atoms with Crippen molar-refractivity contribution in [1.29, 1.82) is 0 Å². The summed E-state index contributed by atoms with van der Waals surface area (Å²) in [5, 5.41) is 0.665. The maximum Gasteiger partial charge on any atom is 0.387 e. The molecule has 2 aromatic heterocycles. The summed E-state index contributed by atoms with van der Waals surface area (Å²) in [6, 6.07) is 11.0. The van der Waals surface area contributed by atoms with Crippen molar-refractivity contribution in [3.8, 4) is 17.3 Å². The number of nitrogens with zero attached hydrogens (tertiary/aromatic N) is 3. The molecule has 0 N–H and O–H groups in total. The summed E-state index contributed by atoms with van der Waals surface area (Å²) in [5.41, 5.74) is 1.74. The standard InChI is InChI=1S/C29H27F2N3O5/c1-2-37-26-12-6-19-16-25(20-5-7-22(18-35)33(17-20)14-13-23-4-3-15-38-23)28(36)34(27(19)32-26)21-8-10-24(11-9-21)39-29(30)31/h5-12,16-17,23,29H,2-4,13-15H2,1H3. The average molecular weight is 536 g/mol. The molecule has 2 aliphatic heterocycles. The molecule has 2 aliphatic rings. The highest BCUT2D eigenvalue weighted by atomic mass is 19.3. The maximum atomic E-state index is 14.0. The molecule has 5 rings (SSSR count). The van der Waals surface area contributed by atoms with Gasteiger partial charge >= 0.3 is 6.61 Å². The number of benzene rings is 1. The van der Waals surface area contributed by atoms with Gasteiger partial charge in [-0.3, -0.25) is 9.36 Å². The molecule has 1 fully saturated rings. The zero-order valence-electron chi connectivity index (χ0n) is 21.3. The van der Waals surface area contributed by atoms with Gasteiger partial charge in [0.15, 0.2) is 11.6 Å². The van der Waals surface area contributed by atoms with E-state index in [-0.39, 0.29) is 17.4 Å². The number of ether oxygens (including phenoxy) is 3. The average Bonchev–Trinajstić information content (AvgIpc) is 3.46. The van der Waals surface area contributed by atoms with Crippen LogP contribution in [0.25, 0.3) is 22.3 Å². The number of hydrogen-bond donors (Lipinski definition) is 0. The number of aromatic nitrogens is 2. The molecule has 202 valence electrons. The van der Waals surface area contributed by atoms with Crippen LogP contribution >= 0.6 is 0 Å². The molecule has 10 heteroatoms. The van der Waals surface area contributed by atoms with Crippen molar-refractivity contribution >= 4 is 22.5 Å². The molecule has 39 heavy (non-hydrogen) atoms. The first kappa shape index (κ1) is 26.3. The Hall–Kier alpha value is -4.27. The Bertz CT molecular complexity index is 1520. The second-order valence-electron chi connectivity index (χ2n) is 9.09. The van der Waals surface area contributed by atoms with Crippen LogP contribution in [0.3, 0.4) is 0 Å². The van der Waals surface area contributed by atoms with Crippen LogP contribution in [-0.2, 0) is 9.53 Å². The predicted octanol–water partition coefficient (Wildman–Crippen LogP) is 4.88. The minimum atomic E-state index is -2.96. The van der Waals surface area contributed by atoms with Gasteiger partial charge in [-0.2, -0.15) is 13.8 Å². The molecule has 8 nitrogen and oxygen atoms in total. The first-order valence-electron chi connectivity index (χ1n) is 12.8. The van der Waals surface area contributed by atoms with Crippen LogP contribution < -0.4 is 15.0 Å². The van der Waals surface area contributed by atoms with Crippen LogP contribution in [0.5, 0.6) is 11.6 Å². The van der Waals surface area contributed by atoms with E-state index in [1.54, 1.807) is 41.5 Å². The van der Waals surface area contributed by atoms with Crippen molar-refractivity contribution in [3.63, 3.8) is 0 Å². The molecule has 0 spiro atoms. The van der Waals surface area contributed by atoms with Crippen LogP contribution in [0.1, 0.15) is 31.7 Å². The molecule has 0 saturated carbocycles. The van der Waals surface area contributed by atoms with Crippen LogP contribution in [0.2, 0.25) is 0 Å². The third kappa shape index (κ3) is 5.77. The fourth-order valence-electron chi connectivity index (χ4n) is 4.76. The molecule has 1 atom stereocenters. The molecular formula is C29H27F2N3O5. The van der Waals surface area contributed by atoms with Crippen molar-refractivity contribution in [3.05, 3.63) is 82.4 Å². The first-order valence-corrected chi connectivity index (χ1v) is 12.8. The molecule has 1 unspecified atom stereocenters. The van der Waals surface area contributed by atoms with Crippen molar-refractivity contribution in [1.82, 2.24) is 14.5 Å². The summed E-state index contributed by atoms with van der Waals surface area (Å²) < 4.78 is 42.5. The summed E-state index contributed by atoms with van der Waals surface area (Å²) in [5.74, 6) is 2.29. The van der Waals surface area contributed by atoms with E-state index in [0.717, 1.165) is 25.9 Å². The monoisotopic (exact) mass is 535 g/mol. The van der Waals surface area contributed by atoms with Crippen LogP contribution in [0.4, 0.5) is 8.78 Å². The largest absolute Gasteiger partial charge is 0.478 e. The Morgan fingerprint density at radius 3 is 2.69 bits per heavy atom. The van der Waals surface area contributed by atoms with E-state index < -0.39 is 6.61 Å². The lowest BCUT2D eigenvalue weighted by Gasteiger charge is -2.25. The molecule has 1 aromatic carbocycles. The molecule has 3 aromatic rings. The zero-order valence-corrected chi connectivity index (χ0v) is 21.3. The molecule has 0 bridgehead atoms. The van der Waals surface area contributed by atoms with E-state index in [0.29, 0.717) is 52.6 Å². The molecule has 0 aliphatic carbocycles. The van der Waals surface area contributed by atoms with Gasteiger partial charge in [-0.05, 0) is 74.7 Å². The highest BCUT2D eigenvalue weighted by Gasteiger charge is 2.21. The van der Waals surface area contributed by atoms with Gasteiger partial charge in [-0.15, -0.1) is 0 Å². The van der Waals surface area contributed by atoms with Gasteiger partial charge in [-0.1, -0.05) is 0 Å². The minimum absolute atomic E-state index is 0.0294. The third-order valence-corrected chi connectivity index (χ3v) is 6.59. The Morgan fingerprint density at radius 2 is 2.00 bits per heavy atom. The lowest BCUT2D eigenvalue weighted by Crippen LogP contribution is -2.26. The topological polar surface area (TPSA) is 82.9 Å². The van der Waals surface area contributed by atoms with Crippen molar-refractivity contribution in [2.75, 3.05) is 19.8 Å². The Balaban J connectivity index is 1.60. The maximum absolute atomic E-state index is 14.0. The van der Waals surface area contributed by atoms with Crippen LogP contribution in [-0.4, -0.2) is 52.9 Å². The van der Waals surface area contributed by atoms with Crippen molar-refractivity contribution in [2.24, 2.45) is 0 Å². The summed E-state index contributed by atoms with van der Waals surface area (Å²) >= 11 is 0. The molecular weight excluding hydrogens is 508 g/mol. The highest BCUT2D eigenvalue weighted by Crippen LogP contribution is 2.28. The first-order chi connectivity index (χ1) is 19.0. The molecule has 0 amide bonds. The highest BCUT2D eigenvalue weighted by molar-refractivity contribution is 5.85. The Kier molecular flexibility index (Phi) is 7.86. The number of alkyl halides is 2. The quantitative estimate of drug-likeness (QED) is 0.361. The number of carbonyl (C=O) groups excluding carboxylic acids is 1. The number of pyridine rings is 2. The SMILES string of the molecule is CCOc1ccc2cc(C3=CN(CCC4CCCO4)C(=C=O)C=C3)c(=O)n(-c3ccc(OC(F)F)cc3)c2n1. The van der Waals surface area contributed by atoms with Gasteiger partial charge in [0.1, 0.15) is 11.4 Å². The van der Waals surface area contributed by atoms with Gasteiger partial charge < -0.3 is 19.1 Å². The number of rotatable bonds is 9. The second kappa shape index (κ2) is 11.6. The van der Waals surface area contributed by atoms with E-state index in [9.17, 15) is 18.4 Å². The summed E-state index contributed by atoms with van der Waals surface area (Å²) in [4.78, 5) is 31.9. The van der Waals surface area contributed by atoms with Crippen molar-refractivity contribution in [2.45, 2.75) is 38.9 Å². The van der Waals surface area contributed by atoms with Crippen molar-refractivity contribution < 1.29 is 27.8 Å². The lowest BCUT2D eigenvalue weighted by molar-refractivity contribution is -0.0498. The van der Waals surface area contributed by atoms with E-state index in [1.807, 2.05) is 12.9 Å². The van der Waals surface area contributed by atoms with Gasteiger partial charge in [-0.25, -0.2) is 4.79 Å². The fourth-order valence-corrected chi connectivity index (χ4v) is 4.76. The number of fused-ring (bicyclic) bond motifs is 1. The van der Waals surface area contributed by atoms with E-state index in [2.05, 4.69) is 9.72 Å². The zero-order chi connectivity index (χ0) is 27.4. The smallest absolute Gasteiger partial charge is 0.387 e. The van der Waals surface area contributed by atoms with Gasteiger partial charge in [0.2, 0.25) is 5.88 Å². The van der Waals surface area contributed by atoms with Gasteiger partial charge in [0.05, 0.1) is 18.4 Å². The van der Waals surface area contributed by atoms with Gasteiger partial charge in [0, 0.05) is 41.9 Å². The third-order valence-electron chi connectivity index (χ3n) is 6.59. The summed E-state index contributed by atoms with van der Waals surface area (Å²) in [6.45, 7) is 0.546. The van der Waals surface area contributed by atoms with E-state index >= 15 is 0 Å². The number of hydrogen-bond acceptors (Lipinski definition) is 7. The van der Waals surface area contributed by atoms with E-state index in [4.69, 9.17) is 9.47 Å². The Labute approximate surface area is 223 Å². The number of halogens is 2. The van der Waals surface area contributed by atoms with Gasteiger partial charge in [0.25, 0.3) is 5.56 Å². The molecule has 0 radical (unpaired) electrons.